The lowest BCUT2D eigenvalue weighted by molar-refractivity contribution is 0.102. The van der Waals surface area contributed by atoms with Crippen LogP contribution in [0.2, 0.25) is 10.6 Å². The Morgan fingerprint density at radius 2 is 1.65 bits per heavy atom. The van der Waals surface area contributed by atoms with Crippen molar-refractivity contribution in [3.05, 3.63) is 64.2 Å². The Bertz CT molecular complexity index is 944. The van der Waals surface area contributed by atoms with Gasteiger partial charge in [0, 0.05) is 17.3 Å². The molecule has 9 heteroatoms. The number of aromatic nitrogens is 3. The van der Waals surface area contributed by atoms with Crippen LogP contribution in [0.4, 0.5) is 17.3 Å². The van der Waals surface area contributed by atoms with Crippen LogP contribution in [0.5, 0.6) is 5.75 Å². The van der Waals surface area contributed by atoms with Gasteiger partial charge in [-0.05, 0) is 54.4 Å². The summed E-state index contributed by atoms with van der Waals surface area (Å²) >= 11 is 11.4. The molecule has 3 aromatic rings. The molecule has 0 spiro atoms. The average molecular weight is 390 g/mol. The van der Waals surface area contributed by atoms with Gasteiger partial charge in [-0.15, -0.1) is 0 Å². The Labute approximate surface area is 159 Å². The largest absolute Gasteiger partial charge is 0.506 e. The van der Waals surface area contributed by atoms with Crippen LogP contribution in [0, 0.1) is 6.92 Å². The van der Waals surface area contributed by atoms with Gasteiger partial charge in [0.05, 0.1) is 5.69 Å². The number of phenolic OH excluding ortho intramolecular Hbond substituents is 1. The summed E-state index contributed by atoms with van der Waals surface area (Å²) in [6.07, 6.45) is 0. The van der Waals surface area contributed by atoms with Gasteiger partial charge in [-0.1, -0.05) is 17.7 Å². The normalized spacial score (nSPS) is 10.4. The summed E-state index contributed by atoms with van der Waals surface area (Å²) in [7, 11) is 0. The second-order valence-corrected chi connectivity index (χ2v) is 6.05. The molecule has 0 unspecified atom stereocenters. The van der Waals surface area contributed by atoms with E-state index in [1.165, 1.54) is 6.07 Å². The SMILES string of the molecule is Cc1ccc(C(=O)Nc2ccc(Nc3nc(Cl)nc(Cl)n3)cc2O)cc1. The molecule has 1 aromatic heterocycles. The van der Waals surface area contributed by atoms with Gasteiger partial charge < -0.3 is 15.7 Å². The Balaban J connectivity index is 1.74. The maximum Gasteiger partial charge on any atom is 0.255 e. The molecule has 0 saturated heterocycles. The van der Waals surface area contributed by atoms with Crippen molar-refractivity contribution in [3.63, 3.8) is 0 Å². The highest BCUT2D eigenvalue weighted by atomic mass is 35.5. The van der Waals surface area contributed by atoms with E-state index >= 15 is 0 Å². The van der Waals surface area contributed by atoms with Crippen molar-refractivity contribution in [2.24, 2.45) is 0 Å². The smallest absolute Gasteiger partial charge is 0.255 e. The lowest BCUT2D eigenvalue weighted by Gasteiger charge is -2.10. The molecule has 0 saturated carbocycles. The molecule has 7 nitrogen and oxygen atoms in total. The number of nitrogens with zero attached hydrogens (tertiary/aromatic N) is 3. The molecule has 2 aromatic carbocycles. The van der Waals surface area contributed by atoms with Gasteiger partial charge in [0.2, 0.25) is 16.5 Å². The monoisotopic (exact) mass is 389 g/mol. The zero-order chi connectivity index (χ0) is 18.7. The summed E-state index contributed by atoms with van der Waals surface area (Å²) in [5.74, 6) is -0.315. The highest BCUT2D eigenvalue weighted by Gasteiger charge is 2.10. The minimum atomic E-state index is -0.322. The van der Waals surface area contributed by atoms with Crippen LogP contribution in [-0.2, 0) is 0 Å². The zero-order valence-corrected chi connectivity index (χ0v) is 15.0. The second-order valence-electron chi connectivity index (χ2n) is 5.37. The third-order valence-corrected chi connectivity index (χ3v) is 3.73. The number of carbonyl (C=O) groups is 1. The first-order valence-corrected chi connectivity index (χ1v) is 8.21. The second kappa shape index (κ2) is 7.55. The Morgan fingerprint density at radius 1 is 1.00 bits per heavy atom. The number of hydrogen-bond acceptors (Lipinski definition) is 6. The summed E-state index contributed by atoms with van der Waals surface area (Å²) < 4.78 is 0. The van der Waals surface area contributed by atoms with Crippen molar-refractivity contribution in [2.75, 3.05) is 10.6 Å². The Morgan fingerprint density at radius 3 is 2.27 bits per heavy atom. The van der Waals surface area contributed by atoms with Crippen LogP contribution in [0.25, 0.3) is 0 Å². The number of anilines is 3. The van der Waals surface area contributed by atoms with Crippen molar-refractivity contribution in [2.45, 2.75) is 6.92 Å². The van der Waals surface area contributed by atoms with E-state index in [4.69, 9.17) is 23.2 Å². The Kier molecular flexibility index (Phi) is 5.20. The zero-order valence-electron chi connectivity index (χ0n) is 13.5. The molecule has 1 heterocycles. The average Bonchev–Trinajstić information content (AvgIpc) is 2.57. The number of rotatable bonds is 4. The van der Waals surface area contributed by atoms with Gasteiger partial charge in [0.25, 0.3) is 5.91 Å². The number of nitrogens with one attached hydrogen (secondary N) is 2. The molecule has 0 bridgehead atoms. The Hall–Kier alpha value is -2.90. The maximum absolute atomic E-state index is 12.2. The number of hydrogen-bond donors (Lipinski definition) is 3. The molecule has 0 aliphatic rings. The minimum absolute atomic E-state index is 0.0568. The molecule has 1 amide bonds. The van der Waals surface area contributed by atoms with Crippen LogP contribution in [0.1, 0.15) is 15.9 Å². The first kappa shape index (κ1) is 17.9. The lowest BCUT2D eigenvalue weighted by Crippen LogP contribution is -2.12. The highest BCUT2D eigenvalue weighted by Crippen LogP contribution is 2.28. The molecule has 0 fully saturated rings. The number of benzene rings is 2. The summed E-state index contributed by atoms with van der Waals surface area (Å²) in [6.45, 7) is 1.94. The third kappa shape index (κ3) is 4.38. The number of halogens is 2. The highest BCUT2D eigenvalue weighted by molar-refractivity contribution is 6.31. The first-order valence-electron chi connectivity index (χ1n) is 7.46. The molecule has 0 aliphatic heterocycles. The van der Waals surface area contributed by atoms with E-state index in [0.29, 0.717) is 11.3 Å². The number of phenols is 1. The quantitative estimate of drug-likeness (QED) is 0.578. The molecule has 0 aliphatic carbocycles. The van der Waals surface area contributed by atoms with Crippen LogP contribution in [0.15, 0.2) is 42.5 Å². The van der Waals surface area contributed by atoms with Gasteiger partial charge in [0.1, 0.15) is 5.75 Å². The van der Waals surface area contributed by atoms with Crippen LogP contribution < -0.4 is 10.6 Å². The third-order valence-electron chi connectivity index (χ3n) is 3.40. The van der Waals surface area contributed by atoms with Crippen LogP contribution >= 0.6 is 23.2 Å². The fraction of sp³-hybridized carbons (Fsp3) is 0.0588. The van der Waals surface area contributed by atoms with Crippen molar-refractivity contribution in [1.82, 2.24) is 15.0 Å². The van der Waals surface area contributed by atoms with E-state index in [9.17, 15) is 9.90 Å². The van der Waals surface area contributed by atoms with E-state index in [0.717, 1.165) is 5.56 Å². The van der Waals surface area contributed by atoms with E-state index in [1.807, 2.05) is 19.1 Å². The van der Waals surface area contributed by atoms with Crippen molar-refractivity contribution in [1.29, 1.82) is 0 Å². The molecular formula is C17H13Cl2N5O2. The van der Waals surface area contributed by atoms with Gasteiger partial charge >= 0.3 is 0 Å². The topological polar surface area (TPSA) is 100 Å². The van der Waals surface area contributed by atoms with Gasteiger partial charge in [-0.2, -0.15) is 15.0 Å². The summed E-state index contributed by atoms with van der Waals surface area (Å²) in [5.41, 5.74) is 2.30. The minimum Gasteiger partial charge on any atom is -0.506 e. The summed E-state index contributed by atoms with van der Waals surface area (Å²) in [6, 6.07) is 11.7. The number of aromatic hydroxyl groups is 1. The van der Waals surface area contributed by atoms with E-state index in [2.05, 4.69) is 25.6 Å². The van der Waals surface area contributed by atoms with Gasteiger partial charge in [0.15, 0.2) is 0 Å². The fourth-order valence-corrected chi connectivity index (χ4v) is 2.49. The molecule has 0 atom stereocenters. The predicted octanol–water partition coefficient (Wildman–Crippen LogP) is 4.19. The number of aryl methyl sites for hydroxylation is 1. The van der Waals surface area contributed by atoms with E-state index in [1.54, 1.807) is 24.3 Å². The van der Waals surface area contributed by atoms with E-state index < -0.39 is 0 Å². The standard InChI is InChI=1S/C17H13Cl2N5O2/c1-9-2-4-10(5-3-9)14(26)21-12-7-6-11(8-13(12)25)20-17-23-15(18)22-16(19)24-17/h2-8,25H,1H3,(H,21,26)(H,20,22,23,24). The molecule has 0 radical (unpaired) electrons. The van der Waals surface area contributed by atoms with Crippen LogP contribution in [0.3, 0.4) is 0 Å². The molecular weight excluding hydrogens is 377 g/mol. The number of carbonyl (C=O) groups excluding carboxylic acids is 1. The number of amides is 1. The predicted molar refractivity (Wildman–Crippen MR) is 100 cm³/mol. The van der Waals surface area contributed by atoms with Crippen LogP contribution in [-0.4, -0.2) is 26.0 Å². The molecule has 3 N–H and O–H groups in total. The van der Waals surface area contributed by atoms with E-state index in [-0.39, 0.29) is 33.9 Å². The molecule has 26 heavy (non-hydrogen) atoms. The van der Waals surface area contributed by atoms with Crippen molar-refractivity contribution in [3.8, 4) is 5.75 Å². The lowest BCUT2D eigenvalue weighted by atomic mass is 10.1. The fourth-order valence-electron chi connectivity index (χ4n) is 2.13. The molecule has 3 rings (SSSR count). The van der Waals surface area contributed by atoms with Gasteiger partial charge in [-0.25, -0.2) is 0 Å². The summed E-state index contributed by atoms with van der Waals surface area (Å²) in [5, 5.41) is 15.5. The van der Waals surface area contributed by atoms with Crippen molar-refractivity contribution >= 4 is 46.4 Å². The molecule has 132 valence electrons. The first-order chi connectivity index (χ1) is 12.4. The van der Waals surface area contributed by atoms with Crippen molar-refractivity contribution < 1.29 is 9.90 Å². The maximum atomic E-state index is 12.2. The summed E-state index contributed by atoms with van der Waals surface area (Å²) in [4.78, 5) is 23.6. The van der Waals surface area contributed by atoms with Gasteiger partial charge in [-0.3, -0.25) is 4.79 Å².